The maximum atomic E-state index is 12.7. The van der Waals surface area contributed by atoms with E-state index in [1.54, 1.807) is 12.7 Å². The van der Waals surface area contributed by atoms with Crippen molar-refractivity contribution in [3.8, 4) is 5.69 Å². The monoisotopic (exact) mass is 426 g/mol. The van der Waals surface area contributed by atoms with Gasteiger partial charge in [-0.25, -0.2) is 0 Å². The number of nitrogens with two attached hydrogens (primary N) is 1. The zero-order valence-corrected chi connectivity index (χ0v) is 16.2. The lowest BCUT2D eigenvalue weighted by molar-refractivity contribution is 0.0747. The highest BCUT2D eigenvalue weighted by molar-refractivity contribution is 9.10. The first-order valence-electron chi connectivity index (χ1n) is 8.66. The van der Waals surface area contributed by atoms with Gasteiger partial charge in [0.25, 0.3) is 5.91 Å². The van der Waals surface area contributed by atoms with Crippen molar-refractivity contribution < 1.29 is 4.79 Å². The molecule has 138 valence electrons. The molecule has 0 saturated carbocycles. The molecule has 1 aliphatic rings. The average molecular weight is 427 g/mol. The molecule has 0 atom stereocenters. The first-order valence-corrected chi connectivity index (χ1v) is 9.45. The highest BCUT2D eigenvalue weighted by Crippen LogP contribution is 2.27. The van der Waals surface area contributed by atoms with E-state index in [1.807, 2.05) is 51.9 Å². The van der Waals surface area contributed by atoms with Crippen LogP contribution in [-0.4, -0.2) is 51.8 Å². The normalized spacial score (nSPS) is 14.4. The Morgan fingerprint density at radius 1 is 0.926 bits per heavy atom. The number of halogens is 1. The Labute approximate surface area is 165 Å². The molecule has 7 nitrogen and oxygen atoms in total. The molecule has 1 fully saturated rings. The van der Waals surface area contributed by atoms with E-state index in [-0.39, 0.29) is 5.91 Å². The summed E-state index contributed by atoms with van der Waals surface area (Å²) in [5, 5.41) is 7.77. The number of anilines is 2. The lowest BCUT2D eigenvalue weighted by Crippen LogP contribution is -2.49. The fraction of sp³-hybridized carbons (Fsp3) is 0.211. The van der Waals surface area contributed by atoms with Gasteiger partial charge >= 0.3 is 0 Å². The van der Waals surface area contributed by atoms with E-state index < -0.39 is 0 Å². The highest BCUT2D eigenvalue weighted by Gasteiger charge is 2.24. The number of aromatic nitrogens is 3. The minimum Gasteiger partial charge on any atom is -0.399 e. The molecule has 2 N–H and O–H groups in total. The first kappa shape index (κ1) is 17.5. The molecule has 1 amide bonds. The van der Waals surface area contributed by atoms with E-state index in [0.29, 0.717) is 24.3 Å². The number of nitrogens with zero attached hydrogens (tertiary/aromatic N) is 5. The van der Waals surface area contributed by atoms with Crippen LogP contribution in [0.5, 0.6) is 0 Å². The topological polar surface area (TPSA) is 80.3 Å². The Balaban J connectivity index is 1.50. The molecule has 0 bridgehead atoms. The standard InChI is InChI=1S/C19H19BrN6O/c20-15-3-1-14(2-4-15)19(27)25-9-7-24(8-10-25)17-6-5-16(21)11-18(17)26-12-22-23-13-26/h1-6,11-13H,7-10,21H2. The minimum absolute atomic E-state index is 0.0680. The number of piperazine rings is 1. The van der Waals surface area contributed by atoms with Crippen molar-refractivity contribution in [1.82, 2.24) is 19.7 Å². The van der Waals surface area contributed by atoms with Gasteiger partial charge in [-0.15, -0.1) is 10.2 Å². The summed E-state index contributed by atoms with van der Waals surface area (Å²) >= 11 is 3.40. The molecule has 8 heteroatoms. The second-order valence-electron chi connectivity index (χ2n) is 6.40. The average Bonchev–Trinajstić information content (AvgIpc) is 3.23. The summed E-state index contributed by atoms with van der Waals surface area (Å²) in [6, 6.07) is 13.3. The van der Waals surface area contributed by atoms with Gasteiger partial charge in [0.1, 0.15) is 12.7 Å². The quantitative estimate of drug-likeness (QED) is 0.650. The molecule has 3 aromatic rings. The van der Waals surface area contributed by atoms with Crippen LogP contribution in [0.1, 0.15) is 10.4 Å². The predicted molar refractivity (Wildman–Crippen MR) is 108 cm³/mol. The van der Waals surface area contributed by atoms with E-state index in [9.17, 15) is 4.79 Å². The van der Waals surface area contributed by atoms with Crippen molar-refractivity contribution in [1.29, 1.82) is 0 Å². The van der Waals surface area contributed by atoms with Crippen LogP contribution >= 0.6 is 15.9 Å². The van der Waals surface area contributed by atoms with Gasteiger partial charge in [-0.2, -0.15) is 0 Å². The van der Waals surface area contributed by atoms with Gasteiger partial charge in [0.05, 0.1) is 11.4 Å². The molecule has 0 radical (unpaired) electrons. The lowest BCUT2D eigenvalue weighted by Gasteiger charge is -2.37. The molecule has 2 heterocycles. The van der Waals surface area contributed by atoms with Crippen molar-refractivity contribution in [3.05, 3.63) is 65.2 Å². The van der Waals surface area contributed by atoms with Gasteiger partial charge in [-0.3, -0.25) is 9.36 Å². The Hall–Kier alpha value is -2.87. The van der Waals surface area contributed by atoms with E-state index in [2.05, 4.69) is 31.0 Å². The molecule has 0 spiro atoms. The van der Waals surface area contributed by atoms with E-state index >= 15 is 0 Å². The van der Waals surface area contributed by atoms with Crippen LogP contribution in [0.4, 0.5) is 11.4 Å². The summed E-state index contributed by atoms with van der Waals surface area (Å²) in [5.74, 6) is 0.0680. The molecule has 0 aliphatic carbocycles. The fourth-order valence-electron chi connectivity index (χ4n) is 3.27. The molecule has 4 rings (SSSR count). The van der Waals surface area contributed by atoms with Crippen LogP contribution in [0.3, 0.4) is 0 Å². The van der Waals surface area contributed by atoms with Crippen LogP contribution in [0.25, 0.3) is 5.69 Å². The third kappa shape index (κ3) is 3.66. The van der Waals surface area contributed by atoms with Crippen molar-refractivity contribution in [3.63, 3.8) is 0 Å². The zero-order chi connectivity index (χ0) is 18.8. The summed E-state index contributed by atoms with van der Waals surface area (Å²) in [6.45, 7) is 2.84. The Kier molecular flexibility index (Phi) is 4.81. The van der Waals surface area contributed by atoms with Crippen molar-refractivity contribution in [2.75, 3.05) is 36.8 Å². The van der Waals surface area contributed by atoms with E-state index in [0.717, 1.165) is 28.9 Å². The second-order valence-corrected chi connectivity index (χ2v) is 7.32. The maximum absolute atomic E-state index is 12.7. The van der Waals surface area contributed by atoms with Crippen LogP contribution in [-0.2, 0) is 0 Å². The summed E-state index contributed by atoms with van der Waals surface area (Å²) in [6.07, 6.45) is 3.32. The van der Waals surface area contributed by atoms with Gasteiger partial charge in [0.2, 0.25) is 0 Å². The Bertz CT molecular complexity index is 933. The van der Waals surface area contributed by atoms with Gasteiger partial charge in [0.15, 0.2) is 0 Å². The first-order chi connectivity index (χ1) is 13.1. The summed E-state index contributed by atoms with van der Waals surface area (Å²) in [5.41, 5.74) is 9.36. The lowest BCUT2D eigenvalue weighted by atomic mass is 10.1. The highest BCUT2D eigenvalue weighted by atomic mass is 79.9. The van der Waals surface area contributed by atoms with Crippen molar-refractivity contribution in [2.24, 2.45) is 0 Å². The van der Waals surface area contributed by atoms with Gasteiger partial charge in [-0.05, 0) is 42.5 Å². The minimum atomic E-state index is 0.0680. The number of benzene rings is 2. The number of nitrogen functional groups attached to an aromatic ring is 1. The molecule has 0 unspecified atom stereocenters. The molecule has 1 saturated heterocycles. The van der Waals surface area contributed by atoms with Crippen molar-refractivity contribution >= 4 is 33.2 Å². The van der Waals surface area contributed by atoms with Gasteiger partial charge in [-0.1, -0.05) is 15.9 Å². The molecule has 27 heavy (non-hydrogen) atoms. The molecule has 1 aromatic heterocycles. The zero-order valence-electron chi connectivity index (χ0n) is 14.6. The number of rotatable bonds is 3. The SMILES string of the molecule is Nc1ccc(N2CCN(C(=O)c3ccc(Br)cc3)CC2)c(-n2cnnc2)c1. The third-order valence-electron chi connectivity index (χ3n) is 4.70. The maximum Gasteiger partial charge on any atom is 0.253 e. The number of hydrogen-bond donors (Lipinski definition) is 1. The predicted octanol–water partition coefficient (Wildman–Crippen LogP) is 2.57. The van der Waals surface area contributed by atoms with Crippen LogP contribution in [0.15, 0.2) is 59.6 Å². The molecule has 2 aromatic carbocycles. The third-order valence-corrected chi connectivity index (χ3v) is 5.22. The van der Waals surface area contributed by atoms with Crippen molar-refractivity contribution in [2.45, 2.75) is 0 Å². The smallest absolute Gasteiger partial charge is 0.253 e. The summed E-state index contributed by atoms with van der Waals surface area (Å²) < 4.78 is 2.82. The van der Waals surface area contributed by atoms with Gasteiger partial charge < -0.3 is 15.5 Å². The Morgan fingerprint density at radius 3 is 2.26 bits per heavy atom. The largest absolute Gasteiger partial charge is 0.399 e. The fourth-order valence-corrected chi connectivity index (χ4v) is 3.53. The summed E-state index contributed by atoms with van der Waals surface area (Å²) in [4.78, 5) is 16.9. The number of carbonyl (C=O) groups is 1. The number of amides is 1. The van der Waals surface area contributed by atoms with E-state index in [1.165, 1.54) is 0 Å². The van der Waals surface area contributed by atoms with E-state index in [4.69, 9.17) is 5.73 Å². The van der Waals surface area contributed by atoms with Crippen LogP contribution in [0.2, 0.25) is 0 Å². The molecule has 1 aliphatic heterocycles. The van der Waals surface area contributed by atoms with Crippen LogP contribution < -0.4 is 10.6 Å². The number of hydrogen-bond acceptors (Lipinski definition) is 5. The second kappa shape index (κ2) is 7.40. The number of carbonyl (C=O) groups excluding carboxylic acids is 1. The molecular weight excluding hydrogens is 408 g/mol. The summed E-state index contributed by atoms with van der Waals surface area (Å²) in [7, 11) is 0. The van der Waals surface area contributed by atoms with Crippen LogP contribution in [0, 0.1) is 0 Å². The van der Waals surface area contributed by atoms with Gasteiger partial charge in [0, 0.05) is 41.9 Å². The Morgan fingerprint density at radius 2 is 1.59 bits per heavy atom. The molecular formula is C19H19BrN6O.